The van der Waals surface area contributed by atoms with Gasteiger partial charge in [-0.1, -0.05) is 28.0 Å². The molecule has 0 aliphatic carbocycles. The van der Waals surface area contributed by atoms with E-state index in [-0.39, 0.29) is 12.6 Å². The molecule has 5 nitrogen and oxygen atoms in total. The van der Waals surface area contributed by atoms with Crippen molar-refractivity contribution in [3.05, 3.63) is 40.0 Å². The summed E-state index contributed by atoms with van der Waals surface area (Å²) in [6, 6.07) is 5.64. The van der Waals surface area contributed by atoms with Crippen LogP contribution in [0.25, 0.3) is 0 Å². The van der Waals surface area contributed by atoms with Gasteiger partial charge in [-0.15, -0.1) is 0 Å². The Morgan fingerprint density at radius 2 is 2.25 bits per heavy atom. The Morgan fingerprint density at radius 3 is 2.95 bits per heavy atom. The van der Waals surface area contributed by atoms with Crippen LogP contribution < -0.4 is 10.5 Å². The Labute approximate surface area is 126 Å². The molecule has 6 heteroatoms. The van der Waals surface area contributed by atoms with E-state index in [1.165, 1.54) is 0 Å². The minimum Gasteiger partial charge on any atom is -0.483 e. The predicted molar refractivity (Wildman–Crippen MR) is 79.4 cm³/mol. The summed E-state index contributed by atoms with van der Waals surface area (Å²) in [6.07, 6.45) is 1.80. The summed E-state index contributed by atoms with van der Waals surface area (Å²) < 4.78 is 11.8. The van der Waals surface area contributed by atoms with Crippen LogP contribution >= 0.6 is 15.9 Å². The van der Waals surface area contributed by atoms with Gasteiger partial charge in [0, 0.05) is 22.5 Å². The van der Waals surface area contributed by atoms with Gasteiger partial charge in [-0.05, 0) is 31.5 Å². The van der Waals surface area contributed by atoms with Gasteiger partial charge in [0.2, 0.25) is 0 Å². The summed E-state index contributed by atoms with van der Waals surface area (Å²) in [5.41, 5.74) is 6.88. The minimum atomic E-state index is -0.110. The van der Waals surface area contributed by atoms with Crippen LogP contribution in [0, 0.1) is 0 Å². The topological polar surface area (TPSA) is 74.2 Å². The Balaban J connectivity index is 2.06. The van der Waals surface area contributed by atoms with Gasteiger partial charge in [-0.25, -0.2) is 0 Å². The molecule has 1 unspecified atom stereocenters. The van der Waals surface area contributed by atoms with E-state index in [1.807, 2.05) is 25.1 Å². The van der Waals surface area contributed by atoms with E-state index in [9.17, 15) is 0 Å². The van der Waals surface area contributed by atoms with Gasteiger partial charge in [0.25, 0.3) is 5.89 Å². The second-order valence-electron chi connectivity index (χ2n) is 4.61. The van der Waals surface area contributed by atoms with E-state index in [2.05, 4.69) is 33.0 Å². The number of nitrogens with zero attached hydrogens (tertiary/aromatic N) is 2. The summed E-state index contributed by atoms with van der Waals surface area (Å²) in [5.74, 6) is 1.93. The third-order valence-corrected chi connectivity index (χ3v) is 3.29. The number of nitrogens with two attached hydrogens (primary N) is 1. The molecular formula is C14H18BrN3O2. The molecule has 0 aliphatic rings. The average Bonchev–Trinajstić information content (AvgIpc) is 2.85. The van der Waals surface area contributed by atoms with Crippen molar-refractivity contribution in [1.29, 1.82) is 0 Å². The fraction of sp³-hybridized carbons (Fsp3) is 0.429. The van der Waals surface area contributed by atoms with E-state index in [1.54, 1.807) is 0 Å². The van der Waals surface area contributed by atoms with Crippen molar-refractivity contribution in [3.63, 3.8) is 0 Å². The van der Waals surface area contributed by atoms with Crippen LogP contribution in [0.4, 0.5) is 0 Å². The van der Waals surface area contributed by atoms with Crippen molar-refractivity contribution in [3.8, 4) is 5.75 Å². The maximum Gasteiger partial charge on any atom is 0.264 e. The fourth-order valence-corrected chi connectivity index (χ4v) is 2.20. The fourth-order valence-electron chi connectivity index (χ4n) is 1.82. The van der Waals surface area contributed by atoms with Crippen LogP contribution in [0.3, 0.4) is 0 Å². The first-order valence-electron chi connectivity index (χ1n) is 6.59. The molecule has 0 radical (unpaired) electrons. The lowest BCUT2D eigenvalue weighted by Gasteiger charge is -2.13. The minimum absolute atomic E-state index is 0.110. The molecule has 0 saturated heterocycles. The number of rotatable bonds is 6. The van der Waals surface area contributed by atoms with E-state index in [0.29, 0.717) is 11.7 Å². The largest absolute Gasteiger partial charge is 0.483 e. The second kappa shape index (κ2) is 6.85. The third-order valence-electron chi connectivity index (χ3n) is 2.80. The molecule has 1 aromatic heterocycles. The highest BCUT2D eigenvalue weighted by Gasteiger charge is 2.11. The molecule has 2 rings (SSSR count). The lowest BCUT2D eigenvalue weighted by Crippen LogP contribution is -2.08. The van der Waals surface area contributed by atoms with Crippen LogP contribution in [0.5, 0.6) is 5.75 Å². The number of aryl methyl sites for hydroxylation is 1. The smallest absolute Gasteiger partial charge is 0.264 e. The molecule has 1 atom stereocenters. The predicted octanol–water partition coefficient (Wildman–Crippen LogP) is 3.38. The van der Waals surface area contributed by atoms with E-state index >= 15 is 0 Å². The highest BCUT2D eigenvalue weighted by atomic mass is 79.9. The van der Waals surface area contributed by atoms with Crippen LogP contribution in [0.15, 0.2) is 27.2 Å². The zero-order valence-corrected chi connectivity index (χ0v) is 13.2. The van der Waals surface area contributed by atoms with Gasteiger partial charge < -0.3 is 15.0 Å². The lowest BCUT2D eigenvalue weighted by molar-refractivity contribution is 0.240. The zero-order chi connectivity index (χ0) is 14.5. The maximum atomic E-state index is 5.94. The van der Waals surface area contributed by atoms with Crippen LogP contribution in [-0.2, 0) is 13.0 Å². The van der Waals surface area contributed by atoms with Crippen LogP contribution in [-0.4, -0.2) is 10.1 Å². The Hall–Kier alpha value is -1.40. The van der Waals surface area contributed by atoms with Crippen molar-refractivity contribution in [2.75, 3.05) is 0 Å². The van der Waals surface area contributed by atoms with Gasteiger partial charge in [0.1, 0.15) is 5.75 Å². The monoisotopic (exact) mass is 339 g/mol. The Bertz CT molecular complexity index is 569. The van der Waals surface area contributed by atoms with E-state index in [0.717, 1.165) is 28.6 Å². The molecule has 0 bridgehead atoms. The molecular weight excluding hydrogens is 322 g/mol. The molecule has 0 fully saturated rings. The first kappa shape index (κ1) is 15.0. The molecule has 2 aromatic rings. The normalized spacial score (nSPS) is 12.4. The molecule has 2 N–H and O–H groups in total. The van der Waals surface area contributed by atoms with Gasteiger partial charge in [0.05, 0.1) is 0 Å². The van der Waals surface area contributed by atoms with E-state index in [4.69, 9.17) is 15.0 Å². The summed E-state index contributed by atoms with van der Waals surface area (Å²) in [6.45, 7) is 4.24. The third kappa shape index (κ3) is 3.80. The van der Waals surface area contributed by atoms with Crippen molar-refractivity contribution in [2.24, 2.45) is 5.73 Å². The van der Waals surface area contributed by atoms with Crippen molar-refractivity contribution in [1.82, 2.24) is 10.1 Å². The molecule has 0 spiro atoms. The second-order valence-corrected chi connectivity index (χ2v) is 5.53. The molecule has 0 amide bonds. The van der Waals surface area contributed by atoms with Gasteiger partial charge >= 0.3 is 0 Å². The lowest BCUT2D eigenvalue weighted by atomic mass is 10.1. The maximum absolute atomic E-state index is 5.94. The number of aromatic nitrogens is 2. The van der Waals surface area contributed by atoms with Crippen molar-refractivity contribution >= 4 is 15.9 Å². The van der Waals surface area contributed by atoms with Gasteiger partial charge in [-0.2, -0.15) is 4.98 Å². The molecule has 108 valence electrons. The van der Waals surface area contributed by atoms with Crippen LogP contribution in [0.2, 0.25) is 0 Å². The Kier molecular flexibility index (Phi) is 5.14. The highest BCUT2D eigenvalue weighted by Crippen LogP contribution is 2.28. The SMILES string of the molecule is CCCc1noc(COc2ccc(Br)cc2C(C)N)n1. The summed E-state index contributed by atoms with van der Waals surface area (Å²) in [4.78, 5) is 4.26. The molecule has 0 aliphatic heterocycles. The molecule has 20 heavy (non-hydrogen) atoms. The van der Waals surface area contributed by atoms with Crippen LogP contribution in [0.1, 0.15) is 43.6 Å². The first-order valence-corrected chi connectivity index (χ1v) is 7.38. The van der Waals surface area contributed by atoms with Gasteiger partial charge in [0.15, 0.2) is 12.4 Å². The summed E-state index contributed by atoms with van der Waals surface area (Å²) in [7, 11) is 0. The quantitative estimate of drug-likeness (QED) is 0.873. The standard InChI is InChI=1S/C14H18BrN3O2/c1-3-4-13-17-14(20-18-13)8-19-12-6-5-10(15)7-11(12)9(2)16/h5-7,9H,3-4,8,16H2,1-2H3. The summed E-state index contributed by atoms with van der Waals surface area (Å²) in [5, 5.41) is 3.89. The molecule has 1 aromatic carbocycles. The zero-order valence-electron chi connectivity index (χ0n) is 11.6. The molecule has 1 heterocycles. The van der Waals surface area contributed by atoms with Crippen molar-refractivity contribution in [2.45, 2.75) is 39.3 Å². The highest BCUT2D eigenvalue weighted by molar-refractivity contribution is 9.10. The first-order chi connectivity index (χ1) is 9.60. The van der Waals surface area contributed by atoms with E-state index < -0.39 is 0 Å². The number of halogens is 1. The number of benzene rings is 1. The Morgan fingerprint density at radius 1 is 1.45 bits per heavy atom. The number of ether oxygens (including phenoxy) is 1. The molecule has 0 saturated carbocycles. The van der Waals surface area contributed by atoms with Crippen molar-refractivity contribution < 1.29 is 9.26 Å². The summed E-state index contributed by atoms with van der Waals surface area (Å²) >= 11 is 3.43. The van der Waals surface area contributed by atoms with Gasteiger partial charge in [-0.3, -0.25) is 0 Å². The number of hydrogen-bond acceptors (Lipinski definition) is 5. The number of hydrogen-bond donors (Lipinski definition) is 1. The average molecular weight is 340 g/mol.